The molecule has 0 bridgehead atoms. The Balaban J connectivity index is 1.80. The highest BCUT2D eigenvalue weighted by Gasteiger charge is 2.00. The van der Waals surface area contributed by atoms with Gasteiger partial charge >= 0.3 is 0 Å². The molecule has 3 N–H and O–H groups in total. The zero-order valence-electron chi connectivity index (χ0n) is 9.64. The molecule has 94 valence electrons. The van der Waals surface area contributed by atoms with Crippen molar-refractivity contribution in [3.05, 3.63) is 40.4 Å². The Hall–Kier alpha value is -1.57. The van der Waals surface area contributed by atoms with Crippen molar-refractivity contribution in [1.82, 2.24) is 9.97 Å². The third-order valence-corrected chi connectivity index (χ3v) is 3.03. The standard InChI is InChI=1S/C12H13IN4O/c13-9-7-15-8-17-12(9)16-5-6-18-11-4-2-1-3-10(11)14/h1-4,7-8H,5-6,14H2,(H,15,16,17). The second-order valence-electron chi connectivity index (χ2n) is 3.53. The summed E-state index contributed by atoms with van der Waals surface area (Å²) in [5, 5.41) is 3.18. The number of nitrogens with zero attached hydrogens (tertiary/aromatic N) is 2. The lowest BCUT2D eigenvalue weighted by molar-refractivity contribution is 0.334. The summed E-state index contributed by atoms with van der Waals surface area (Å²) in [5.41, 5.74) is 6.42. The average molecular weight is 356 g/mol. The molecule has 0 saturated heterocycles. The number of benzene rings is 1. The van der Waals surface area contributed by atoms with Crippen LogP contribution in [0.1, 0.15) is 0 Å². The number of anilines is 2. The number of para-hydroxylation sites is 2. The van der Waals surface area contributed by atoms with E-state index in [2.05, 4.69) is 37.9 Å². The van der Waals surface area contributed by atoms with Crippen LogP contribution < -0.4 is 15.8 Å². The second-order valence-corrected chi connectivity index (χ2v) is 4.69. The lowest BCUT2D eigenvalue weighted by atomic mass is 10.3. The van der Waals surface area contributed by atoms with Gasteiger partial charge in [-0.2, -0.15) is 0 Å². The van der Waals surface area contributed by atoms with Crippen molar-refractivity contribution in [3.8, 4) is 5.75 Å². The third-order valence-electron chi connectivity index (χ3n) is 2.24. The maximum Gasteiger partial charge on any atom is 0.142 e. The second kappa shape index (κ2) is 6.39. The van der Waals surface area contributed by atoms with E-state index in [0.29, 0.717) is 24.6 Å². The van der Waals surface area contributed by atoms with Crippen LogP contribution in [0.15, 0.2) is 36.8 Å². The van der Waals surface area contributed by atoms with Crippen molar-refractivity contribution in [2.24, 2.45) is 0 Å². The molecular weight excluding hydrogens is 343 g/mol. The number of aromatic nitrogens is 2. The lowest BCUT2D eigenvalue weighted by Gasteiger charge is -2.10. The van der Waals surface area contributed by atoms with Crippen LogP contribution in [-0.4, -0.2) is 23.1 Å². The summed E-state index contributed by atoms with van der Waals surface area (Å²) < 4.78 is 6.55. The van der Waals surface area contributed by atoms with E-state index in [0.717, 1.165) is 9.39 Å². The van der Waals surface area contributed by atoms with E-state index in [1.165, 1.54) is 6.33 Å². The number of ether oxygens (including phenoxy) is 1. The Labute approximate surface area is 119 Å². The number of hydrogen-bond donors (Lipinski definition) is 2. The molecule has 0 unspecified atom stereocenters. The fourth-order valence-electron chi connectivity index (χ4n) is 1.39. The number of hydrogen-bond acceptors (Lipinski definition) is 5. The van der Waals surface area contributed by atoms with E-state index in [4.69, 9.17) is 10.5 Å². The first-order valence-electron chi connectivity index (χ1n) is 5.44. The van der Waals surface area contributed by atoms with Crippen LogP contribution in [0.4, 0.5) is 11.5 Å². The number of nitrogens with one attached hydrogen (secondary N) is 1. The van der Waals surface area contributed by atoms with Crippen LogP contribution in [-0.2, 0) is 0 Å². The maximum atomic E-state index is 5.77. The van der Waals surface area contributed by atoms with E-state index < -0.39 is 0 Å². The first kappa shape index (κ1) is 12.9. The Bertz CT molecular complexity index is 473. The summed E-state index contributed by atoms with van der Waals surface area (Å²) in [6, 6.07) is 7.44. The number of nitrogen functional groups attached to an aromatic ring is 1. The summed E-state index contributed by atoms with van der Waals surface area (Å²) in [6.07, 6.45) is 3.27. The zero-order chi connectivity index (χ0) is 12.8. The summed E-state index contributed by atoms with van der Waals surface area (Å²) in [7, 11) is 0. The van der Waals surface area contributed by atoms with Crippen LogP contribution in [0.5, 0.6) is 5.75 Å². The van der Waals surface area contributed by atoms with E-state index >= 15 is 0 Å². The molecule has 0 radical (unpaired) electrons. The molecule has 0 saturated carbocycles. The Morgan fingerprint density at radius 3 is 2.94 bits per heavy atom. The first-order valence-corrected chi connectivity index (χ1v) is 6.52. The molecule has 18 heavy (non-hydrogen) atoms. The number of rotatable bonds is 5. The molecule has 0 aliphatic carbocycles. The van der Waals surface area contributed by atoms with Crippen molar-refractivity contribution >= 4 is 34.1 Å². The molecule has 2 rings (SSSR count). The third kappa shape index (κ3) is 3.46. The predicted octanol–water partition coefficient (Wildman–Crippen LogP) is 2.15. The van der Waals surface area contributed by atoms with Gasteiger partial charge in [-0.3, -0.25) is 0 Å². The summed E-state index contributed by atoms with van der Waals surface area (Å²) in [4.78, 5) is 8.06. The van der Waals surface area contributed by atoms with E-state index in [-0.39, 0.29) is 0 Å². The minimum Gasteiger partial charge on any atom is -0.490 e. The lowest BCUT2D eigenvalue weighted by Crippen LogP contribution is -2.13. The Morgan fingerprint density at radius 2 is 2.17 bits per heavy atom. The predicted molar refractivity (Wildman–Crippen MR) is 79.6 cm³/mol. The van der Waals surface area contributed by atoms with Gasteiger partial charge in [0, 0.05) is 6.20 Å². The molecule has 0 aliphatic rings. The molecule has 1 aromatic carbocycles. The topological polar surface area (TPSA) is 73.1 Å². The van der Waals surface area contributed by atoms with Crippen molar-refractivity contribution < 1.29 is 4.74 Å². The quantitative estimate of drug-likeness (QED) is 0.488. The average Bonchev–Trinajstić information content (AvgIpc) is 2.38. The monoisotopic (exact) mass is 356 g/mol. The smallest absolute Gasteiger partial charge is 0.142 e. The van der Waals surface area contributed by atoms with Gasteiger partial charge in [0.05, 0.1) is 15.8 Å². The van der Waals surface area contributed by atoms with Crippen LogP contribution in [0.2, 0.25) is 0 Å². The molecule has 0 spiro atoms. The van der Waals surface area contributed by atoms with Gasteiger partial charge in [0.15, 0.2) is 0 Å². The number of nitrogens with two attached hydrogens (primary N) is 1. The molecule has 0 amide bonds. The molecule has 0 fully saturated rings. The van der Waals surface area contributed by atoms with Gasteiger partial charge in [0.2, 0.25) is 0 Å². The van der Waals surface area contributed by atoms with Crippen LogP contribution >= 0.6 is 22.6 Å². The SMILES string of the molecule is Nc1ccccc1OCCNc1ncncc1I. The van der Waals surface area contributed by atoms with Crippen LogP contribution in [0, 0.1) is 3.57 Å². The minimum absolute atomic E-state index is 0.522. The van der Waals surface area contributed by atoms with Gasteiger partial charge in [0.25, 0.3) is 0 Å². The van der Waals surface area contributed by atoms with Crippen molar-refractivity contribution in [2.75, 3.05) is 24.2 Å². The molecule has 0 aliphatic heterocycles. The van der Waals surface area contributed by atoms with E-state index in [9.17, 15) is 0 Å². The summed E-state index contributed by atoms with van der Waals surface area (Å²) in [6.45, 7) is 1.18. The van der Waals surface area contributed by atoms with Crippen molar-refractivity contribution in [1.29, 1.82) is 0 Å². The molecule has 1 aromatic heterocycles. The fraction of sp³-hybridized carbons (Fsp3) is 0.167. The highest BCUT2D eigenvalue weighted by Crippen LogP contribution is 2.19. The Morgan fingerprint density at radius 1 is 1.33 bits per heavy atom. The zero-order valence-corrected chi connectivity index (χ0v) is 11.8. The van der Waals surface area contributed by atoms with Crippen LogP contribution in [0.3, 0.4) is 0 Å². The van der Waals surface area contributed by atoms with Crippen LogP contribution in [0.25, 0.3) is 0 Å². The van der Waals surface area contributed by atoms with Gasteiger partial charge in [-0.05, 0) is 34.7 Å². The molecule has 5 nitrogen and oxygen atoms in total. The summed E-state index contributed by atoms with van der Waals surface area (Å²) in [5.74, 6) is 1.52. The molecular formula is C12H13IN4O. The van der Waals surface area contributed by atoms with Gasteiger partial charge in [-0.25, -0.2) is 9.97 Å². The maximum absolute atomic E-state index is 5.77. The Kier molecular flexibility index (Phi) is 4.57. The normalized spacial score (nSPS) is 10.1. The minimum atomic E-state index is 0.522. The highest BCUT2D eigenvalue weighted by molar-refractivity contribution is 14.1. The van der Waals surface area contributed by atoms with Gasteiger partial charge < -0.3 is 15.8 Å². The molecule has 0 atom stereocenters. The molecule has 6 heteroatoms. The van der Waals surface area contributed by atoms with Gasteiger partial charge in [-0.1, -0.05) is 12.1 Å². The highest BCUT2D eigenvalue weighted by atomic mass is 127. The van der Waals surface area contributed by atoms with Gasteiger partial charge in [0.1, 0.15) is 24.5 Å². The fourth-order valence-corrected chi connectivity index (χ4v) is 1.88. The van der Waals surface area contributed by atoms with Gasteiger partial charge in [-0.15, -0.1) is 0 Å². The molecule has 2 aromatic rings. The largest absolute Gasteiger partial charge is 0.490 e. The summed E-state index contributed by atoms with van der Waals surface area (Å²) >= 11 is 2.18. The van der Waals surface area contributed by atoms with Crippen molar-refractivity contribution in [3.63, 3.8) is 0 Å². The first-order chi connectivity index (χ1) is 8.77. The van der Waals surface area contributed by atoms with E-state index in [1.54, 1.807) is 6.20 Å². The number of halogens is 1. The van der Waals surface area contributed by atoms with Crippen molar-refractivity contribution in [2.45, 2.75) is 0 Å². The van der Waals surface area contributed by atoms with E-state index in [1.807, 2.05) is 24.3 Å². The molecule has 1 heterocycles.